The van der Waals surface area contributed by atoms with Crippen molar-refractivity contribution in [2.75, 3.05) is 10.7 Å². The quantitative estimate of drug-likeness (QED) is 0.826. The first kappa shape index (κ1) is 12.2. The van der Waals surface area contributed by atoms with E-state index in [0.717, 1.165) is 41.4 Å². The van der Waals surface area contributed by atoms with Gasteiger partial charge < -0.3 is 0 Å². The Bertz CT molecular complexity index is 432. The Hall–Kier alpha value is -1.29. The number of hydrogen-bond acceptors (Lipinski definition) is 3. The molecule has 0 atom stereocenters. The van der Waals surface area contributed by atoms with Crippen LogP contribution in [0, 0.1) is 0 Å². The maximum Gasteiger partial charge on any atom is 0.293 e. The minimum atomic E-state index is -0.148. The molecular formula is C13H15NO2S. The molecule has 4 heteroatoms. The van der Waals surface area contributed by atoms with Crippen molar-refractivity contribution < 1.29 is 9.59 Å². The Labute approximate surface area is 105 Å². The molecule has 0 saturated carbocycles. The molecule has 0 N–H and O–H groups in total. The third kappa shape index (κ3) is 2.09. The van der Waals surface area contributed by atoms with Gasteiger partial charge in [0.15, 0.2) is 0 Å². The number of imide groups is 1. The minimum Gasteiger partial charge on any atom is -0.273 e. The van der Waals surface area contributed by atoms with Gasteiger partial charge in [-0.1, -0.05) is 43.8 Å². The lowest BCUT2D eigenvalue weighted by Gasteiger charge is -2.20. The van der Waals surface area contributed by atoms with Gasteiger partial charge in [0, 0.05) is 0 Å². The van der Waals surface area contributed by atoms with E-state index < -0.39 is 0 Å². The fraction of sp³-hybridized carbons (Fsp3) is 0.385. The summed E-state index contributed by atoms with van der Waals surface area (Å²) in [5, 5.41) is -0.148. The van der Waals surface area contributed by atoms with E-state index in [0.29, 0.717) is 0 Å². The van der Waals surface area contributed by atoms with E-state index in [4.69, 9.17) is 0 Å². The van der Waals surface area contributed by atoms with E-state index in [1.165, 1.54) is 4.90 Å². The van der Waals surface area contributed by atoms with Crippen LogP contribution in [0.4, 0.5) is 10.5 Å². The molecule has 1 aromatic rings. The first-order valence-corrected chi connectivity index (χ1v) is 6.78. The maximum absolute atomic E-state index is 11.8. The largest absolute Gasteiger partial charge is 0.293 e. The number of benzene rings is 1. The van der Waals surface area contributed by atoms with E-state index in [9.17, 15) is 9.59 Å². The smallest absolute Gasteiger partial charge is 0.273 e. The van der Waals surface area contributed by atoms with Crippen LogP contribution in [-0.4, -0.2) is 16.9 Å². The zero-order valence-corrected chi connectivity index (χ0v) is 10.8. The highest BCUT2D eigenvalue weighted by Gasteiger charge is 2.33. The number of para-hydroxylation sites is 1. The summed E-state index contributed by atoms with van der Waals surface area (Å²) in [4.78, 5) is 24.9. The van der Waals surface area contributed by atoms with Crippen LogP contribution in [0.15, 0.2) is 18.2 Å². The molecule has 2 amide bonds. The summed E-state index contributed by atoms with van der Waals surface area (Å²) >= 11 is 1.08. The normalized spacial score (nSPS) is 15.8. The number of carbonyl (C=O) groups is 2. The van der Waals surface area contributed by atoms with Crippen LogP contribution >= 0.6 is 11.8 Å². The van der Waals surface area contributed by atoms with Gasteiger partial charge in [-0.3, -0.25) is 9.59 Å². The van der Waals surface area contributed by atoms with Crippen molar-refractivity contribution in [1.82, 2.24) is 0 Å². The van der Waals surface area contributed by atoms with Crippen molar-refractivity contribution in [3.63, 3.8) is 0 Å². The molecule has 0 radical (unpaired) electrons. The summed E-state index contributed by atoms with van der Waals surface area (Å²) in [6.45, 7) is 4.08. The molecule has 0 unspecified atom stereocenters. The topological polar surface area (TPSA) is 37.4 Å². The summed E-state index contributed by atoms with van der Waals surface area (Å²) < 4.78 is 0. The van der Waals surface area contributed by atoms with Gasteiger partial charge in [-0.2, -0.15) is 0 Å². The van der Waals surface area contributed by atoms with Gasteiger partial charge in [0.1, 0.15) is 0 Å². The number of amides is 2. The summed E-state index contributed by atoms with van der Waals surface area (Å²) in [5.41, 5.74) is 2.94. The molecule has 17 heavy (non-hydrogen) atoms. The zero-order chi connectivity index (χ0) is 12.4. The minimum absolute atomic E-state index is 0.101. The van der Waals surface area contributed by atoms with Gasteiger partial charge in [0.2, 0.25) is 5.91 Å². The maximum atomic E-state index is 11.8. The molecule has 2 rings (SSSR count). The monoisotopic (exact) mass is 249 g/mol. The van der Waals surface area contributed by atoms with Gasteiger partial charge >= 0.3 is 0 Å². The predicted molar refractivity (Wildman–Crippen MR) is 70.5 cm³/mol. The number of anilines is 1. The van der Waals surface area contributed by atoms with E-state index in [-0.39, 0.29) is 16.9 Å². The number of carbonyl (C=O) groups excluding carboxylic acids is 2. The van der Waals surface area contributed by atoms with Crippen molar-refractivity contribution in [3.8, 4) is 0 Å². The fourth-order valence-electron chi connectivity index (χ4n) is 2.07. The van der Waals surface area contributed by atoms with Crippen molar-refractivity contribution in [3.05, 3.63) is 29.3 Å². The summed E-state index contributed by atoms with van der Waals surface area (Å²) in [6.07, 6.45) is 1.65. The Morgan fingerprint density at radius 1 is 1.18 bits per heavy atom. The van der Waals surface area contributed by atoms with Gasteiger partial charge in [0.25, 0.3) is 5.24 Å². The van der Waals surface area contributed by atoms with Crippen molar-refractivity contribution >= 4 is 28.6 Å². The second-order valence-corrected chi connectivity index (χ2v) is 4.84. The first-order valence-electron chi connectivity index (χ1n) is 5.79. The van der Waals surface area contributed by atoms with E-state index >= 15 is 0 Å². The first-order chi connectivity index (χ1) is 8.19. The van der Waals surface area contributed by atoms with Crippen LogP contribution in [0.1, 0.15) is 25.0 Å². The lowest BCUT2D eigenvalue weighted by molar-refractivity contribution is -0.115. The third-order valence-electron chi connectivity index (χ3n) is 2.94. The SMILES string of the molecule is CCc1cccc(CC)c1N1C(=O)CSC1=O. The second kappa shape index (κ2) is 4.92. The zero-order valence-electron chi connectivity index (χ0n) is 10.0. The van der Waals surface area contributed by atoms with Crippen LogP contribution in [0.25, 0.3) is 0 Å². The molecule has 1 aromatic carbocycles. The van der Waals surface area contributed by atoms with Crippen LogP contribution in [0.5, 0.6) is 0 Å². The molecule has 0 spiro atoms. The van der Waals surface area contributed by atoms with Crippen LogP contribution < -0.4 is 4.90 Å². The Morgan fingerprint density at radius 2 is 1.76 bits per heavy atom. The van der Waals surface area contributed by atoms with Gasteiger partial charge in [-0.05, 0) is 24.0 Å². The lowest BCUT2D eigenvalue weighted by Crippen LogP contribution is -2.30. The highest BCUT2D eigenvalue weighted by Crippen LogP contribution is 2.33. The van der Waals surface area contributed by atoms with E-state index in [1.54, 1.807) is 0 Å². The number of hydrogen-bond donors (Lipinski definition) is 0. The Morgan fingerprint density at radius 3 is 2.18 bits per heavy atom. The van der Waals surface area contributed by atoms with Crippen molar-refractivity contribution in [2.45, 2.75) is 26.7 Å². The molecule has 1 saturated heterocycles. The van der Waals surface area contributed by atoms with E-state index in [1.807, 2.05) is 32.0 Å². The average Bonchev–Trinajstić information content (AvgIpc) is 2.68. The highest BCUT2D eigenvalue weighted by atomic mass is 32.2. The van der Waals surface area contributed by atoms with Crippen LogP contribution in [-0.2, 0) is 17.6 Å². The van der Waals surface area contributed by atoms with Gasteiger partial charge in [0.05, 0.1) is 11.4 Å². The molecular weight excluding hydrogens is 234 g/mol. The number of rotatable bonds is 3. The number of aryl methyl sites for hydroxylation is 2. The van der Waals surface area contributed by atoms with Gasteiger partial charge in [-0.15, -0.1) is 0 Å². The van der Waals surface area contributed by atoms with Gasteiger partial charge in [-0.25, -0.2) is 4.90 Å². The van der Waals surface area contributed by atoms with Crippen LogP contribution in [0.3, 0.4) is 0 Å². The highest BCUT2D eigenvalue weighted by molar-refractivity contribution is 8.15. The molecule has 1 fully saturated rings. The standard InChI is InChI=1S/C13H15NO2S/c1-3-9-6-5-7-10(4-2)12(9)14-11(15)8-17-13(14)16/h5-7H,3-4,8H2,1-2H3. The molecule has 0 aliphatic carbocycles. The predicted octanol–water partition coefficient (Wildman–Crippen LogP) is 3.01. The summed E-state index contributed by atoms with van der Waals surface area (Å²) in [7, 11) is 0. The summed E-state index contributed by atoms with van der Waals surface area (Å²) in [5.74, 6) is 0.163. The molecule has 0 aromatic heterocycles. The molecule has 90 valence electrons. The number of nitrogens with zero attached hydrogens (tertiary/aromatic N) is 1. The fourth-order valence-corrected chi connectivity index (χ4v) is 2.77. The van der Waals surface area contributed by atoms with Crippen molar-refractivity contribution in [1.29, 1.82) is 0 Å². The molecule has 1 heterocycles. The van der Waals surface area contributed by atoms with Crippen LogP contribution in [0.2, 0.25) is 0 Å². The molecule has 1 aliphatic heterocycles. The van der Waals surface area contributed by atoms with E-state index in [2.05, 4.69) is 0 Å². The Kier molecular flexibility index (Phi) is 3.52. The molecule has 1 aliphatic rings. The second-order valence-electron chi connectivity index (χ2n) is 3.92. The number of thioether (sulfide) groups is 1. The molecule has 3 nitrogen and oxygen atoms in total. The average molecular weight is 249 g/mol. The Balaban J connectivity index is 2.56. The lowest BCUT2D eigenvalue weighted by atomic mass is 10.0. The third-order valence-corrected chi connectivity index (χ3v) is 3.76. The molecule has 0 bridgehead atoms. The summed E-state index contributed by atoms with van der Waals surface area (Å²) in [6, 6.07) is 5.95. The van der Waals surface area contributed by atoms with Crippen molar-refractivity contribution in [2.24, 2.45) is 0 Å².